The van der Waals surface area contributed by atoms with Gasteiger partial charge in [0, 0.05) is 19.5 Å². The quantitative estimate of drug-likeness (QED) is 0.673. The maximum atomic E-state index is 13.8. The molecule has 2 heterocycles. The largest absolute Gasteiger partial charge is 0.301 e. The molecule has 0 spiro atoms. The van der Waals surface area contributed by atoms with Crippen LogP contribution in [0.4, 0.5) is 0 Å². The number of carbonyl (C=O) groups excluding carboxylic acids is 1. The molecular weight excluding hydrogens is 427 g/mol. The summed E-state index contributed by atoms with van der Waals surface area (Å²) in [6, 6.07) is 13.9. The zero-order valence-electron chi connectivity index (χ0n) is 16.6. The molecule has 2 aliphatic heterocycles. The lowest BCUT2D eigenvalue weighted by molar-refractivity contribution is -0.126. The smallest absolute Gasteiger partial charge is 0.163 e. The summed E-state index contributed by atoms with van der Waals surface area (Å²) >= 11 is 12.2. The number of likely N-dealkylation sites (tertiary alicyclic amines) is 1. The summed E-state index contributed by atoms with van der Waals surface area (Å²) in [7, 11) is 0. The van der Waals surface area contributed by atoms with Crippen molar-refractivity contribution < 1.29 is 4.79 Å². The van der Waals surface area contributed by atoms with Crippen molar-refractivity contribution in [3.8, 4) is 0 Å². The Bertz CT molecular complexity index is 882. The molecule has 0 bridgehead atoms. The van der Waals surface area contributed by atoms with E-state index in [-0.39, 0.29) is 18.2 Å². The van der Waals surface area contributed by atoms with E-state index >= 15 is 0 Å². The Kier molecular flexibility index (Phi) is 7.29. The molecule has 1 N–H and O–H groups in total. The maximum Gasteiger partial charge on any atom is 0.163 e. The van der Waals surface area contributed by atoms with Crippen molar-refractivity contribution in [1.29, 1.82) is 0 Å². The van der Waals surface area contributed by atoms with Crippen molar-refractivity contribution in [3.63, 3.8) is 0 Å². The van der Waals surface area contributed by atoms with Gasteiger partial charge in [-0.3, -0.25) is 10.1 Å². The molecule has 4 rings (SSSR count). The molecule has 2 aliphatic rings. The second kappa shape index (κ2) is 9.36. The fraction of sp³-hybridized carbons (Fsp3) is 0.435. The zero-order chi connectivity index (χ0) is 19.7. The van der Waals surface area contributed by atoms with E-state index in [4.69, 9.17) is 23.2 Å². The number of Topliss-reactive ketones (excluding diaryl/α,β-unsaturated/α-hetero) is 1. The predicted molar refractivity (Wildman–Crippen MR) is 123 cm³/mol. The van der Waals surface area contributed by atoms with Crippen LogP contribution < -0.4 is 5.32 Å². The van der Waals surface area contributed by atoms with Crippen LogP contribution in [0, 0.1) is 0 Å². The molecule has 6 heteroatoms. The number of rotatable bonds is 5. The summed E-state index contributed by atoms with van der Waals surface area (Å²) in [5.74, 6) is 0.581. The molecule has 1 fully saturated rings. The van der Waals surface area contributed by atoms with Crippen LogP contribution in [0.5, 0.6) is 0 Å². The van der Waals surface area contributed by atoms with E-state index in [0.717, 1.165) is 37.3 Å². The van der Waals surface area contributed by atoms with Crippen molar-refractivity contribution in [2.24, 2.45) is 0 Å². The molecule has 3 nitrogen and oxygen atoms in total. The topological polar surface area (TPSA) is 32.3 Å². The fourth-order valence-electron chi connectivity index (χ4n) is 4.59. The number of benzene rings is 2. The summed E-state index contributed by atoms with van der Waals surface area (Å²) in [6.07, 6.45) is 2.74. The molecule has 29 heavy (non-hydrogen) atoms. The molecule has 2 aromatic rings. The van der Waals surface area contributed by atoms with Crippen molar-refractivity contribution in [2.45, 2.75) is 37.6 Å². The summed E-state index contributed by atoms with van der Waals surface area (Å²) in [4.78, 5) is 16.2. The van der Waals surface area contributed by atoms with Gasteiger partial charge in [0.1, 0.15) is 5.54 Å². The fourth-order valence-corrected chi connectivity index (χ4v) is 4.91. The highest BCUT2D eigenvalue weighted by Gasteiger charge is 2.45. The van der Waals surface area contributed by atoms with Gasteiger partial charge in [-0.05, 0) is 60.7 Å². The highest BCUT2D eigenvalue weighted by atomic mass is 35.5. The van der Waals surface area contributed by atoms with Gasteiger partial charge >= 0.3 is 0 Å². The van der Waals surface area contributed by atoms with E-state index in [0.29, 0.717) is 22.4 Å². The van der Waals surface area contributed by atoms with Gasteiger partial charge in [-0.2, -0.15) is 0 Å². The minimum absolute atomic E-state index is 0. The van der Waals surface area contributed by atoms with Gasteiger partial charge in [0.15, 0.2) is 5.78 Å². The van der Waals surface area contributed by atoms with Crippen LogP contribution in [0.1, 0.15) is 42.4 Å². The van der Waals surface area contributed by atoms with Gasteiger partial charge in [0.2, 0.25) is 0 Å². The molecule has 156 valence electrons. The SMILES string of the molecule is CC1CNC(CN2CCCC2)(C(=O)Cc2ccc(Cl)c(Cl)c2)c2ccccc21.Cl. The van der Waals surface area contributed by atoms with Gasteiger partial charge < -0.3 is 4.90 Å². The van der Waals surface area contributed by atoms with Gasteiger partial charge in [0.05, 0.1) is 10.0 Å². The average molecular weight is 454 g/mol. The summed E-state index contributed by atoms with van der Waals surface area (Å²) in [6.45, 7) is 5.85. The number of hydrogen-bond donors (Lipinski definition) is 1. The molecule has 0 radical (unpaired) electrons. The molecule has 2 atom stereocenters. The molecule has 0 aromatic heterocycles. The molecule has 2 aromatic carbocycles. The van der Waals surface area contributed by atoms with E-state index in [1.54, 1.807) is 6.07 Å². The second-order valence-electron chi connectivity index (χ2n) is 8.11. The molecule has 0 amide bonds. The molecule has 0 saturated carbocycles. The first kappa shape index (κ1) is 22.6. The predicted octanol–water partition coefficient (Wildman–Crippen LogP) is 5.22. The lowest BCUT2D eigenvalue weighted by Crippen LogP contribution is -2.59. The first-order chi connectivity index (χ1) is 13.5. The van der Waals surface area contributed by atoms with Crippen LogP contribution >= 0.6 is 35.6 Å². The van der Waals surface area contributed by atoms with E-state index in [2.05, 4.69) is 35.3 Å². The maximum absolute atomic E-state index is 13.8. The van der Waals surface area contributed by atoms with Gasteiger partial charge in [-0.25, -0.2) is 0 Å². The lowest BCUT2D eigenvalue weighted by atomic mass is 9.74. The zero-order valence-corrected chi connectivity index (χ0v) is 18.9. The van der Waals surface area contributed by atoms with Gasteiger partial charge in [-0.15, -0.1) is 12.4 Å². The van der Waals surface area contributed by atoms with E-state index < -0.39 is 5.54 Å². The van der Waals surface area contributed by atoms with Crippen molar-refractivity contribution in [1.82, 2.24) is 10.2 Å². The number of halogens is 3. The number of nitrogens with one attached hydrogen (secondary N) is 1. The monoisotopic (exact) mass is 452 g/mol. The van der Waals surface area contributed by atoms with Gasteiger partial charge in [0.25, 0.3) is 0 Å². The Labute approximate surface area is 189 Å². The lowest BCUT2D eigenvalue weighted by Gasteiger charge is -2.43. The van der Waals surface area contributed by atoms with Crippen molar-refractivity contribution in [2.75, 3.05) is 26.2 Å². The number of nitrogens with zero attached hydrogens (tertiary/aromatic N) is 1. The van der Waals surface area contributed by atoms with E-state index in [1.165, 1.54) is 18.4 Å². The standard InChI is InChI=1S/C23H26Cl2N2O.ClH/c1-16-14-26-23(15-27-10-4-5-11-27,19-7-3-2-6-18(16)19)22(28)13-17-8-9-20(24)21(25)12-17;/h2-3,6-9,12,16,26H,4-5,10-11,13-15H2,1H3;1H. The molecular formula is C23H27Cl3N2O. The van der Waals surface area contributed by atoms with Crippen molar-refractivity contribution >= 4 is 41.4 Å². The van der Waals surface area contributed by atoms with Crippen LogP contribution in [-0.4, -0.2) is 36.9 Å². The average Bonchev–Trinajstić information content (AvgIpc) is 3.20. The first-order valence-corrected chi connectivity index (χ1v) is 10.8. The Balaban J connectivity index is 0.00000240. The Hall–Kier alpha value is -1.10. The first-order valence-electron chi connectivity index (χ1n) is 10.0. The Morgan fingerprint density at radius 1 is 1.14 bits per heavy atom. The van der Waals surface area contributed by atoms with Crippen molar-refractivity contribution in [3.05, 3.63) is 69.2 Å². The van der Waals surface area contributed by atoms with Crippen LogP contribution in [0.15, 0.2) is 42.5 Å². The Morgan fingerprint density at radius 2 is 1.86 bits per heavy atom. The third-order valence-corrected chi connectivity index (χ3v) is 6.88. The summed E-state index contributed by atoms with van der Waals surface area (Å²) in [5.41, 5.74) is 2.63. The third-order valence-electron chi connectivity index (χ3n) is 6.15. The highest BCUT2D eigenvalue weighted by Crippen LogP contribution is 2.37. The molecule has 0 aliphatic carbocycles. The Morgan fingerprint density at radius 3 is 2.59 bits per heavy atom. The minimum atomic E-state index is -0.681. The molecule has 2 unspecified atom stereocenters. The number of ketones is 1. The third kappa shape index (κ3) is 4.50. The normalized spacial score (nSPS) is 24.0. The number of fused-ring (bicyclic) bond motifs is 1. The second-order valence-corrected chi connectivity index (χ2v) is 8.92. The van der Waals surface area contributed by atoms with Crippen LogP contribution in [0.3, 0.4) is 0 Å². The van der Waals surface area contributed by atoms with Crippen LogP contribution in [0.2, 0.25) is 10.0 Å². The van der Waals surface area contributed by atoms with E-state index in [9.17, 15) is 4.79 Å². The summed E-state index contributed by atoms with van der Waals surface area (Å²) in [5, 5.41) is 4.67. The van der Waals surface area contributed by atoms with Gasteiger partial charge in [-0.1, -0.05) is 60.5 Å². The summed E-state index contributed by atoms with van der Waals surface area (Å²) < 4.78 is 0. The minimum Gasteiger partial charge on any atom is -0.301 e. The van der Waals surface area contributed by atoms with Crippen LogP contribution in [0.25, 0.3) is 0 Å². The van der Waals surface area contributed by atoms with E-state index in [1.807, 2.05) is 18.2 Å². The number of carbonyl (C=O) groups is 1. The van der Waals surface area contributed by atoms with Crippen LogP contribution in [-0.2, 0) is 16.8 Å². The molecule has 1 saturated heterocycles. The highest BCUT2D eigenvalue weighted by molar-refractivity contribution is 6.42. The number of hydrogen-bond acceptors (Lipinski definition) is 3.